The maximum absolute atomic E-state index is 12.7. The summed E-state index contributed by atoms with van der Waals surface area (Å²) < 4.78 is 11.9. The van der Waals surface area contributed by atoms with Crippen LogP contribution in [0, 0.1) is 0 Å². The minimum absolute atomic E-state index is 0.186. The number of anilines is 2. The summed E-state index contributed by atoms with van der Waals surface area (Å²) in [4.78, 5) is 24.9. The maximum Gasteiger partial charge on any atom is 0.323 e. The molecule has 144 valence electrons. The molecule has 0 aliphatic carbocycles. The van der Waals surface area contributed by atoms with Gasteiger partial charge in [-0.2, -0.15) is 0 Å². The van der Waals surface area contributed by atoms with Gasteiger partial charge in [-0.15, -0.1) is 0 Å². The van der Waals surface area contributed by atoms with E-state index in [4.69, 9.17) is 9.47 Å². The van der Waals surface area contributed by atoms with E-state index in [1.807, 2.05) is 24.3 Å². The lowest BCUT2D eigenvalue weighted by molar-refractivity contribution is 0.262. The summed E-state index contributed by atoms with van der Waals surface area (Å²) in [5.41, 5.74) is 1.36. The van der Waals surface area contributed by atoms with Gasteiger partial charge in [0.2, 0.25) is 0 Å². The normalized spacial score (nSPS) is 10.2. The number of hydrogen-bond acceptors (Lipinski definition) is 4. The summed E-state index contributed by atoms with van der Waals surface area (Å²) in [6.07, 6.45) is 1.67. The molecule has 2 amide bonds. The van der Waals surface area contributed by atoms with Gasteiger partial charge < -0.3 is 24.7 Å². The summed E-state index contributed by atoms with van der Waals surface area (Å²) in [6.45, 7) is 0.364. The van der Waals surface area contributed by atoms with E-state index >= 15 is 0 Å². The summed E-state index contributed by atoms with van der Waals surface area (Å²) in [7, 11) is 3.14. The Morgan fingerprint density at radius 1 is 0.929 bits per heavy atom. The number of aromatic nitrogens is 1. The molecular weight excluding hydrogens is 358 g/mol. The average molecular weight is 379 g/mol. The largest absolute Gasteiger partial charge is 0.497 e. The highest BCUT2D eigenvalue weighted by Crippen LogP contribution is 2.17. The topological polar surface area (TPSA) is 81.6 Å². The van der Waals surface area contributed by atoms with Crippen molar-refractivity contribution >= 4 is 17.4 Å². The third kappa shape index (κ3) is 4.70. The Bertz CT molecular complexity index is 1030. The molecule has 2 aromatic carbocycles. The Morgan fingerprint density at radius 3 is 2.39 bits per heavy atom. The fraction of sp³-hybridized carbons (Fsp3) is 0.143. The van der Waals surface area contributed by atoms with Crippen molar-refractivity contribution < 1.29 is 14.3 Å². The zero-order chi connectivity index (χ0) is 19.9. The summed E-state index contributed by atoms with van der Waals surface area (Å²) in [6, 6.07) is 17.2. The van der Waals surface area contributed by atoms with Crippen LogP contribution >= 0.6 is 0 Å². The van der Waals surface area contributed by atoms with Crippen molar-refractivity contribution in [3.8, 4) is 11.5 Å². The lowest BCUT2D eigenvalue weighted by atomic mass is 10.2. The van der Waals surface area contributed by atoms with Gasteiger partial charge >= 0.3 is 6.03 Å². The smallest absolute Gasteiger partial charge is 0.323 e. The van der Waals surface area contributed by atoms with Gasteiger partial charge in [0.25, 0.3) is 5.56 Å². The third-order valence-electron chi connectivity index (χ3n) is 4.08. The predicted octanol–water partition coefficient (Wildman–Crippen LogP) is 3.56. The van der Waals surface area contributed by atoms with E-state index in [1.165, 1.54) is 4.57 Å². The minimum Gasteiger partial charge on any atom is -0.497 e. The van der Waals surface area contributed by atoms with Crippen LogP contribution in [0.4, 0.5) is 16.2 Å². The van der Waals surface area contributed by atoms with Crippen LogP contribution in [0.15, 0.2) is 71.7 Å². The molecule has 0 atom stereocenters. The Morgan fingerprint density at radius 2 is 1.64 bits per heavy atom. The van der Waals surface area contributed by atoms with Crippen LogP contribution in [0.5, 0.6) is 11.5 Å². The third-order valence-corrected chi connectivity index (χ3v) is 4.08. The Labute approximate surface area is 162 Å². The Kier molecular flexibility index (Phi) is 5.96. The highest BCUT2D eigenvalue weighted by atomic mass is 16.5. The van der Waals surface area contributed by atoms with Gasteiger partial charge in [0, 0.05) is 18.0 Å². The zero-order valence-electron chi connectivity index (χ0n) is 15.6. The number of carbonyl (C=O) groups excluding carboxylic acids is 1. The summed E-state index contributed by atoms with van der Waals surface area (Å²) in [5, 5.41) is 5.28. The summed E-state index contributed by atoms with van der Waals surface area (Å²) >= 11 is 0. The molecule has 28 heavy (non-hydrogen) atoms. The van der Waals surface area contributed by atoms with E-state index in [2.05, 4.69) is 10.6 Å². The van der Waals surface area contributed by atoms with Gasteiger partial charge in [0.05, 0.1) is 20.8 Å². The van der Waals surface area contributed by atoms with Gasteiger partial charge in [-0.1, -0.05) is 18.2 Å². The van der Waals surface area contributed by atoms with Crippen LogP contribution in [-0.2, 0) is 6.54 Å². The molecular formula is C21H21N3O4. The molecule has 2 N–H and O–H groups in total. The molecule has 3 rings (SSSR count). The monoisotopic (exact) mass is 379 g/mol. The minimum atomic E-state index is -0.510. The molecule has 3 aromatic rings. The van der Waals surface area contributed by atoms with Crippen molar-refractivity contribution in [1.29, 1.82) is 0 Å². The van der Waals surface area contributed by atoms with Crippen LogP contribution in [0.3, 0.4) is 0 Å². The molecule has 0 unspecified atom stereocenters. The molecule has 0 saturated heterocycles. The lowest BCUT2D eigenvalue weighted by Gasteiger charge is -2.11. The average Bonchev–Trinajstić information content (AvgIpc) is 2.71. The molecule has 0 fully saturated rings. The Hall–Kier alpha value is -3.74. The maximum atomic E-state index is 12.7. The van der Waals surface area contributed by atoms with Crippen LogP contribution in [0.1, 0.15) is 5.56 Å². The van der Waals surface area contributed by atoms with Crippen molar-refractivity contribution in [2.45, 2.75) is 6.54 Å². The van der Waals surface area contributed by atoms with Gasteiger partial charge in [-0.25, -0.2) is 4.79 Å². The van der Waals surface area contributed by atoms with E-state index in [9.17, 15) is 9.59 Å². The van der Waals surface area contributed by atoms with E-state index < -0.39 is 6.03 Å². The highest BCUT2D eigenvalue weighted by molar-refractivity contribution is 5.99. The highest BCUT2D eigenvalue weighted by Gasteiger charge is 2.09. The second kappa shape index (κ2) is 8.77. The van der Waals surface area contributed by atoms with Crippen LogP contribution in [0.25, 0.3) is 0 Å². The van der Waals surface area contributed by atoms with Crippen LogP contribution in [0.2, 0.25) is 0 Å². The van der Waals surface area contributed by atoms with E-state index in [-0.39, 0.29) is 11.2 Å². The predicted molar refractivity (Wildman–Crippen MR) is 108 cm³/mol. The first kappa shape index (κ1) is 19.0. The molecule has 0 radical (unpaired) electrons. The number of hydrogen-bond donors (Lipinski definition) is 2. The molecule has 1 heterocycles. The number of rotatable bonds is 6. The fourth-order valence-electron chi connectivity index (χ4n) is 2.71. The van der Waals surface area contributed by atoms with Gasteiger partial charge in [0.15, 0.2) is 0 Å². The molecule has 0 bridgehead atoms. The standard InChI is InChI=1S/C21H21N3O4/c1-27-17-8-3-6-15(12-17)14-24-11-5-10-19(20(24)25)23-21(26)22-16-7-4-9-18(13-16)28-2/h3-13H,14H2,1-2H3,(H2,22,23,26). The number of benzene rings is 2. The Balaban J connectivity index is 1.73. The van der Waals surface area contributed by atoms with E-state index in [1.54, 1.807) is 56.8 Å². The second-order valence-electron chi connectivity index (χ2n) is 6.02. The van der Waals surface area contributed by atoms with Crippen molar-refractivity contribution in [3.05, 3.63) is 82.8 Å². The molecule has 0 aliphatic rings. The molecule has 7 heteroatoms. The van der Waals surface area contributed by atoms with E-state index in [0.29, 0.717) is 18.0 Å². The molecule has 0 aliphatic heterocycles. The molecule has 1 aromatic heterocycles. The van der Waals surface area contributed by atoms with Gasteiger partial charge in [-0.3, -0.25) is 4.79 Å². The fourth-order valence-corrected chi connectivity index (χ4v) is 2.71. The van der Waals surface area contributed by atoms with Crippen molar-refractivity contribution in [3.63, 3.8) is 0 Å². The zero-order valence-corrected chi connectivity index (χ0v) is 15.6. The van der Waals surface area contributed by atoms with Crippen molar-refractivity contribution in [2.75, 3.05) is 24.9 Å². The van der Waals surface area contributed by atoms with Crippen molar-refractivity contribution in [2.24, 2.45) is 0 Å². The van der Waals surface area contributed by atoms with E-state index in [0.717, 1.165) is 11.3 Å². The van der Waals surface area contributed by atoms with Gasteiger partial charge in [0.1, 0.15) is 17.2 Å². The molecule has 0 spiro atoms. The number of methoxy groups -OCH3 is 2. The molecule has 0 saturated carbocycles. The summed E-state index contributed by atoms with van der Waals surface area (Å²) in [5.74, 6) is 1.34. The quantitative estimate of drug-likeness (QED) is 0.686. The number of carbonyl (C=O) groups is 1. The number of urea groups is 1. The lowest BCUT2D eigenvalue weighted by Crippen LogP contribution is -2.28. The molecule has 7 nitrogen and oxygen atoms in total. The number of amides is 2. The van der Waals surface area contributed by atoms with Crippen LogP contribution in [-0.4, -0.2) is 24.8 Å². The number of nitrogens with zero attached hydrogens (tertiary/aromatic N) is 1. The van der Waals surface area contributed by atoms with Crippen molar-refractivity contribution in [1.82, 2.24) is 4.57 Å². The first-order valence-electron chi connectivity index (χ1n) is 8.63. The number of ether oxygens (including phenoxy) is 2. The van der Waals surface area contributed by atoms with Crippen LogP contribution < -0.4 is 25.7 Å². The van der Waals surface area contributed by atoms with Gasteiger partial charge in [-0.05, 0) is 42.0 Å². The first-order valence-corrected chi connectivity index (χ1v) is 8.63. The first-order chi connectivity index (χ1) is 13.6. The number of nitrogens with one attached hydrogen (secondary N) is 2. The second-order valence-corrected chi connectivity index (χ2v) is 6.02. The SMILES string of the molecule is COc1cccc(Cn2cccc(NC(=O)Nc3cccc(OC)c3)c2=O)c1. The number of pyridine rings is 1.